The number of piperazine rings is 1. The van der Waals surface area contributed by atoms with Crippen LogP contribution in [0.5, 0.6) is 0 Å². The van der Waals surface area contributed by atoms with Gasteiger partial charge in [0, 0.05) is 25.7 Å². The molecule has 2 nitrogen and oxygen atoms in total. The van der Waals surface area contributed by atoms with Crippen LogP contribution in [0.3, 0.4) is 0 Å². The van der Waals surface area contributed by atoms with Gasteiger partial charge in [0.25, 0.3) is 0 Å². The molecule has 0 amide bonds. The molecule has 2 saturated heterocycles. The summed E-state index contributed by atoms with van der Waals surface area (Å²) in [6, 6.07) is 0.832. The second kappa shape index (κ2) is 2.27. The molecule has 9 heavy (non-hydrogen) atoms. The molecule has 2 heterocycles. The zero-order chi connectivity index (χ0) is 6.10. The predicted octanol–water partition coefficient (Wildman–Crippen LogP) is 0.0688. The van der Waals surface area contributed by atoms with Crippen molar-refractivity contribution >= 4 is 0 Å². The van der Waals surface area contributed by atoms with E-state index in [0.29, 0.717) is 0 Å². The molecule has 1 atom stereocenters. The first kappa shape index (κ1) is 5.69. The van der Waals surface area contributed by atoms with E-state index in [2.05, 4.69) is 10.2 Å². The maximum Gasteiger partial charge on any atom is 0.0290 e. The van der Waals surface area contributed by atoms with Gasteiger partial charge in [-0.15, -0.1) is 0 Å². The summed E-state index contributed by atoms with van der Waals surface area (Å²) >= 11 is 0. The number of fused-ring (bicyclic) bond motifs is 1. The number of hydrogen-bond donors (Lipinski definition) is 0. The molecule has 1 radical (unpaired) electrons. The topological polar surface area (TPSA) is 17.3 Å². The van der Waals surface area contributed by atoms with Gasteiger partial charge in [-0.1, -0.05) is 0 Å². The highest BCUT2D eigenvalue weighted by atomic mass is 15.2. The molecule has 0 N–H and O–H groups in total. The average Bonchev–Trinajstić information content (AvgIpc) is 2.33. The van der Waals surface area contributed by atoms with E-state index in [9.17, 15) is 0 Å². The Morgan fingerprint density at radius 3 is 3.22 bits per heavy atom. The smallest absolute Gasteiger partial charge is 0.0290 e. The first-order valence-corrected chi connectivity index (χ1v) is 3.84. The zero-order valence-electron chi connectivity index (χ0n) is 5.71. The van der Waals surface area contributed by atoms with Crippen molar-refractivity contribution in [2.75, 3.05) is 26.2 Å². The van der Waals surface area contributed by atoms with Crippen molar-refractivity contribution in [2.45, 2.75) is 18.9 Å². The molecular formula is C7H13N2. The van der Waals surface area contributed by atoms with Crippen LogP contribution in [-0.2, 0) is 0 Å². The van der Waals surface area contributed by atoms with Crippen LogP contribution in [0.1, 0.15) is 12.8 Å². The van der Waals surface area contributed by atoms with Gasteiger partial charge < -0.3 is 0 Å². The van der Waals surface area contributed by atoms with Crippen LogP contribution in [0, 0.1) is 0 Å². The maximum absolute atomic E-state index is 4.38. The van der Waals surface area contributed by atoms with E-state index in [0.717, 1.165) is 19.1 Å². The molecule has 0 aromatic heterocycles. The Bertz CT molecular complexity index is 91.1. The normalized spacial score (nSPS) is 36.7. The van der Waals surface area contributed by atoms with Crippen LogP contribution < -0.4 is 5.32 Å². The van der Waals surface area contributed by atoms with Crippen molar-refractivity contribution in [3.63, 3.8) is 0 Å². The molecule has 2 rings (SSSR count). The Balaban J connectivity index is 1.97. The van der Waals surface area contributed by atoms with Gasteiger partial charge in [-0.2, -0.15) is 0 Å². The fourth-order valence-electron chi connectivity index (χ4n) is 1.84. The van der Waals surface area contributed by atoms with Crippen molar-refractivity contribution in [1.29, 1.82) is 0 Å². The molecule has 0 bridgehead atoms. The van der Waals surface area contributed by atoms with Gasteiger partial charge >= 0.3 is 0 Å². The summed E-state index contributed by atoms with van der Waals surface area (Å²) in [6.07, 6.45) is 2.80. The second-order valence-electron chi connectivity index (χ2n) is 2.96. The third-order valence-electron chi connectivity index (χ3n) is 2.38. The maximum atomic E-state index is 4.38. The van der Waals surface area contributed by atoms with E-state index in [1.54, 1.807) is 0 Å². The monoisotopic (exact) mass is 125 g/mol. The van der Waals surface area contributed by atoms with Crippen LogP contribution in [0.4, 0.5) is 0 Å². The molecular weight excluding hydrogens is 112 g/mol. The van der Waals surface area contributed by atoms with E-state index < -0.39 is 0 Å². The molecule has 0 saturated carbocycles. The highest BCUT2D eigenvalue weighted by molar-refractivity contribution is 4.84. The number of rotatable bonds is 0. The molecule has 2 fully saturated rings. The molecule has 0 spiro atoms. The molecule has 0 unspecified atom stereocenters. The predicted molar refractivity (Wildman–Crippen MR) is 36.5 cm³/mol. The minimum Gasteiger partial charge on any atom is -0.298 e. The van der Waals surface area contributed by atoms with E-state index in [1.807, 2.05) is 0 Å². The summed E-state index contributed by atoms with van der Waals surface area (Å²) in [5.74, 6) is 0. The van der Waals surface area contributed by atoms with Crippen molar-refractivity contribution < 1.29 is 0 Å². The number of hydrogen-bond acceptors (Lipinski definition) is 1. The van der Waals surface area contributed by atoms with Gasteiger partial charge in [-0.3, -0.25) is 4.90 Å². The van der Waals surface area contributed by atoms with Gasteiger partial charge in [0.15, 0.2) is 0 Å². The van der Waals surface area contributed by atoms with E-state index >= 15 is 0 Å². The minimum absolute atomic E-state index is 0.832. The third kappa shape index (κ3) is 0.970. The highest BCUT2D eigenvalue weighted by Crippen LogP contribution is 2.17. The highest BCUT2D eigenvalue weighted by Gasteiger charge is 2.26. The first-order chi connectivity index (χ1) is 4.47. The van der Waals surface area contributed by atoms with Crippen LogP contribution in [-0.4, -0.2) is 37.1 Å². The van der Waals surface area contributed by atoms with Gasteiger partial charge in [0.05, 0.1) is 0 Å². The largest absolute Gasteiger partial charge is 0.298 e. The Labute approximate surface area is 56.2 Å². The van der Waals surface area contributed by atoms with Gasteiger partial charge in [-0.25, -0.2) is 5.32 Å². The second-order valence-corrected chi connectivity index (χ2v) is 2.96. The molecule has 2 aliphatic heterocycles. The summed E-state index contributed by atoms with van der Waals surface area (Å²) < 4.78 is 0. The molecule has 0 aromatic rings. The van der Waals surface area contributed by atoms with Crippen LogP contribution >= 0.6 is 0 Å². The lowest BCUT2D eigenvalue weighted by Crippen LogP contribution is -2.44. The van der Waals surface area contributed by atoms with E-state index in [1.165, 1.54) is 25.9 Å². The van der Waals surface area contributed by atoms with Crippen molar-refractivity contribution in [1.82, 2.24) is 10.2 Å². The number of nitrogens with zero attached hydrogens (tertiary/aromatic N) is 2. The van der Waals surface area contributed by atoms with Crippen molar-refractivity contribution in [3.05, 3.63) is 0 Å². The Morgan fingerprint density at radius 2 is 2.33 bits per heavy atom. The van der Waals surface area contributed by atoms with Crippen molar-refractivity contribution in [3.8, 4) is 0 Å². The lowest BCUT2D eigenvalue weighted by Gasteiger charge is -2.28. The fraction of sp³-hybridized carbons (Fsp3) is 1.00. The third-order valence-corrected chi connectivity index (χ3v) is 2.38. The van der Waals surface area contributed by atoms with Gasteiger partial charge in [0.2, 0.25) is 0 Å². The summed E-state index contributed by atoms with van der Waals surface area (Å²) in [4.78, 5) is 2.58. The molecule has 0 aliphatic carbocycles. The molecule has 0 aromatic carbocycles. The summed E-state index contributed by atoms with van der Waals surface area (Å²) in [5, 5.41) is 4.38. The summed E-state index contributed by atoms with van der Waals surface area (Å²) in [7, 11) is 0. The lowest BCUT2D eigenvalue weighted by molar-refractivity contribution is 0.210. The van der Waals surface area contributed by atoms with Gasteiger partial charge in [0.1, 0.15) is 0 Å². The molecule has 51 valence electrons. The quantitative estimate of drug-likeness (QED) is 0.448. The SMILES string of the molecule is C1C[C@H]2C[N]CCN2C1. The summed E-state index contributed by atoms with van der Waals surface area (Å²) in [5.41, 5.74) is 0. The van der Waals surface area contributed by atoms with Gasteiger partial charge in [-0.05, 0) is 19.4 Å². The van der Waals surface area contributed by atoms with E-state index in [-0.39, 0.29) is 0 Å². The Morgan fingerprint density at radius 1 is 1.33 bits per heavy atom. The first-order valence-electron chi connectivity index (χ1n) is 3.84. The van der Waals surface area contributed by atoms with Crippen molar-refractivity contribution in [2.24, 2.45) is 0 Å². The molecule has 2 aliphatic rings. The minimum atomic E-state index is 0.832. The Kier molecular flexibility index (Phi) is 1.44. The van der Waals surface area contributed by atoms with Crippen LogP contribution in [0.15, 0.2) is 0 Å². The fourth-order valence-corrected chi connectivity index (χ4v) is 1.84. The Hall–Kier alpha value is -0.0800. The van der Waals surface area contributed by atoms with Crippen LogP contribution in [0.25, 0.3) is 0 Å². The zero-order valence-corrected chi connectivity index (χ0v) is 5.71. The average molecular weight is 125 g/mol. The van der Waals surface area contributed by atoms with E-state index in [4.69, 9.17) is 0 Å². The van der Waals surface area contributed by atoms with Crippen LogP contribution in [0.2, 0.25) is 0 Å². The lowest BCUT2D eigenvalue weighted by atomic mass is 10.2. The molecule has 2 heteroatoms. The standard InChI is InChI=1S/C7H13N2/c1-2-7-6-8-3-5-9(7)4-1/h7H,1-6H2/t7-/m0/s1. The summed E-state index contributed by atoms with van der Waals surface area (Å²) in [6.45, 7) is 4.75.